The van der Waals surface area contributed by atoms with Gasteiger partial charge in [-0.25, -0.2) is 0 Å². The molecule has 3 N–H and O–H groups in total. The van der Waals surface area contributed by atoms with Crippen molar-refractivity contribution in [3.8, 4) is 0 Å². The van der Waals surface area contributed by atoms with E-state index < -0.39 is 11.1 Å². The molecule has 0 amide bonds. The molecule has 1 atom stereocenters. The third kappa shape index (κ3) is 3.24. The predicted molar refractivity (Wildman–Crippen MR) is 77.8 cm³/mol. The first-order valence-corrected chi connectivity index (χ1v) is 6.60. The van der Waals surface area contributed by atoms with Gasteiger partial charge >= 0.3 is 11.1 Å². The van der Waals surface area contributed by atoms with E-state index in [-0.39, 0.29) is 0 Å². The topological polar surface area (TPSA) is 77.8 Å². The highest BCUT2D eigenvalue weighted by Crippen LogP contribution is 2.15. The van der Waals surface area contributed by atoms with E-state index in [0.29, 0.717) is 17.0 Å². The number of benzene rings is 1. The van der Waals surface area contributed by atoms with Gasteiger partial charge in [0.05, 0.1) is 11.0 Å². The smallest absolute Gasteiger partial charge is 0.314 e. The molecule has 1 aromatic heterocycles. The summed E-state index contributed by atoms with van der Waals surface area (Å²) in [6, 6.07) is 5.53. The Morgan fingerprint density at radius 3 is 2.53 bits per heavy atom. The summed E-state index contributed by atoms with van der Waals surface area (Å²) in [5.74, 6) is 0.607. The minimum atomic E-state index is -0.621. The molecule has 0 bridgehead atoms. The molecular weight excluding hydrogens is 242 g/mol. The van der Waals surface area contributed by atoms with E-state index in [1.54, 1.807) is 6.07 Å². The van der Waals surface area contributed by atoms with E-state index in [1.807, 2.05) is 12.1 Å². The lowest BCUT2D eigenvalue weighted by Crippen LogP contribution is -2.28. The molecule has 2 rings (SSSR count). The van der Waals surface area contributed by atoms with E-state index in [0.717, 1.165) is 12.2 Å². The molecule has 0 saturated carbocycles. The minimum absolute atomic E-state index is 0.607. The molecule has 0 aliphatic heterocycles. The van der Waals surface area contributed by atoms with Gasteiger partial charge in [-0.1, -0.05) is 20.3 Å². The quantitative estimate of drug-likeness (QED) is 0.721. The summed E-state index contributed by atoms with van der Waals surface area (Å²) in [5, 5.41) is 3.34. The van der Waals surface area contributed by atoms with Crippen LogP contribution in [0.1, 0.15) is 26.7 Å². The van der Waals surface area contributed by atoms with Gasteiger partial charge in [-0.05, 0) is 30.5 Å². The van der Waals surface area contributed by atoms with Crippen LogP contribution in [0.5, 0.6) is 0 Å². The average Bonchev–Trinajstić information content (AvgIpc) is 2.38. The normalized spacial score (nSPS) is 12.5. The highest BCUT2D eigenvalue weighted by Gasteiger charge is 2.03. The zero-order chi connectivity index (χ0) is 13.8. The molecule has 5 nitrogen and oxygen atoms in total. The van der Waals surface area contributed by atoms with Crippen molar-refractivity contribution in [2.45, 2.75) is 26.7 Å². The Labute approximate surface area is 111 Å². The maximum absolute atomic E-state index is 11.3. The number of aromatic amines is 2. The van der Waals surface area contributed by atoms with Gasteiger partial charge in [-0.2, -0.15) is 0 Å². The van der Waals surface area contributed by atoms with Crippen molar-refractivity contribution in [3.63, 3.8) is 0 Å². The second-order valence-corrected chi connectivity index (χ2v) is 4.94. The number of fused-ring (bicyclic) bond motifs is 1. The summed E-state index contributed by atoms with van der Waals surface area (Å²) in [6.45, 7) is 5.28. The predicted octanol–water partition coefficient (Wildman–Crippen LogP) is 2.06. The molecule has 102 valence electrons. The Hall–Kier alpha value is -2.04. The zero-order valence-electron chi connectivity index (χ0n) is 11.2. The number of hydrogen-bond donors (Lipinski definition) is 3. The summed E-state index contributed by atoms with van der Waals surface area (Å²) < 4.78 is 0. The van der Waals surface area contributed by atoms with Gasteiger partial charge < -0.3 is 15.3 Å². The van der Waals surface area contributed by atoms with Gasteiger partial charge in [-0.3, -0.25) is 9.59 Å². The number of nitrogens with one attached hydrogen (secondary N) is 3. The molecule has 0 radical (unpaired) electrons. The largest absolute Gasteiger partial charge is 0.385 e. The zero-order valence-corrected chi connectivity index (χ0v) is 11.2. The summed E-state index contributed by atoms with van der Waals surface area (Å²) in [7, 11) is 0. The van der Waals surface area contributed by atoms with Crippen LogP contribution in [0.15, 0.2) is 27.8 Å². The Kier molecular flexibility index (Phi) is 4.04. The molecule has 1 unspecified atom stereocenters. The Bertz CT molecular complexity index is 672. The average molecular weight is 261 g/mol. The summed E-state index contributed by atoms with van der Waals surface area (Å²) in [6.07, 6.45) is 2.36. The molecule has 19 heavy (non-hydrogen) atoms. The standard InChI is InChI=1S/C14H19N3O2/c1-3-4-9(2)8-15-10-5-6-11-12(7-10)17-14(19)13(18)16-11/h5-7,9,15H,3-4,8H2,1-2H3,(H,16,18)(H,17,19). The fraction of sp³-hybridized carbons (Fsp3) is 0.429. The summed E-state index contributed by atoms with van der Waals surface area (Å²) in [4.78, 5) is 27.6. The van der Waals surface area contributed by atoms with Gasteiger partial charge in [0.1, 0.15) is 0 Å². The van der Waals surface area contributed by atoms with Crippen LogP contribution in [0.4, 0.5) is 5.69 Å². The van der Waals surface area contributed by atoms with Gasteiger partial charge in [0.2, 0.25) is 0 Å². The number of hydrogen-bond acceptors (Lipinski definition) is 3. The highest BCUT2D eigenvalue weighted by molar-refractivity contribution is 5.78. The first-order valence-electron chi connectivity index (χ1n) is 6.60. The molecule has 0 aliphatic rings. The van der Waals surface area contributed by atoms with E-state index in [2.05, 4.69) is 29.1 Å². The van der Waals surface area contributed by atoms with Gasteiger partial charge in [-0.15, -0.1) is 0 Å². The fourth-order valence-corrected chi connectivity index (χ4v) is 2.11. The van der Waals surface area contributed by atoms with Crippen LogP contribution >= 0.6 is 0 Å². The van der Waals surface area contributed by atoms with Gasteiger partial charge in [0, 0.05) is 12.2 Å². The van der Waals surface area contributed by atoms with Crippen molar-refractivity contribution in [1.82, 2.24) is 9.97 Å². The molecule has 2 aromatic rings. The number of aromatic nitrogens is 2. The molecule has 0 fully saturated rings. The van der Waals surface area contributed by atoms with Crippen LogP contribution in [0.25, 0.3) is 11.0 Å². The van der Waals surface area contributed by atoms with Crippen LogP contribution < -0.4 is 16.4 Å². The van der Waals surface area contributed by atoms with Crippen molar-refractivity contribution in [3.05, 3.63) is 38.9 Å². The lowest BCUT2D eigenvalue weighted by Gasteiger charge is -2.12. The van der Waals surface area contributed by atoms with Crippen molar-refractivity contribution < 1.29 is 0 Å². The third-order valence-corrected chi connectivity index (χ3v) is 3.16. The van der Waals surface area contributed by atoms with Crippen molar-refractivity contribution in [2.75, 3.05) is 11.9 Å². The maximum Gasteiger partial charge on any atom is 0.314 e. The van der Waals surface area contributed by atoms with Crippen LogP contribution in [0.2, 0.25) is 0 Å². The second-order valence-electron chi connectivity index (χ2n) is 4.94. The van der Waals surface area contributed by atoms with Crippen molar-refractivity contribution in [2.24, 2.45) is 5.92 Å². The van der Waals surface area contributed by atoms with Gasteiger partial charge in [0.15, 0.2) is 0 Å². The molecule has 0 spiro atoms. The number of anilines is 1. The highest BCUT2D eigenvalue weighted by atomic mass is 16.2. The van der Waals surface area contributed by atoms with Crippen molar-refractivity contribution in [1.29, 1.82) is 0 Å². The molecular formula is C14H19N3O2. The Balaban J connectivity index is 2.19. The SMILES string of the molecule is CCCC(C)CNc1ccc2[nH]c(=O)c(=O)[nH]c2c1. The molecule has 5 heteroatoms. The summed E-state index contributed by atoms with van der Waals surface area (Å²) >= 11 is 0. The van der Waals surface area contributed by atoms with Crippen molar-refractivity contribution >= 4 is 16.7 Å². The van der Waals surface area contributed by atoms with E-state index in [1.165, 1.54) is 12.8 Å². The minimum Gasteiger partial charge on any atom is -0.385 e. The lowest BCUT2D eigenvalue weighted by atomic mass is 10.1. The van der Waals surface area contributed by atoms with Crippen LogP contribution in [0, 0.1) is 5.92 Å². The fourth-order valence-electron chi connectivity index (χ4n) is 2.11. The summed E-state index contributed by atoms with van der Waals surface area (Å²) in [5.41, 5.74) is 0.974. The van der Waals surface area contributed by atoms with E-state index in [9.17, 15) is 9.59 Å². The van der Waals surface area contributed by atoms with Gasteiger partial charge in [0.25, 0.3) is 0 Å². The van der Waals surface area contributed by atoms with E-state index >= 15 is 0 Å². The maximum atomic E-state index is 11.3. The second kappa shape index (κ2) is 5.73. The number of H-pyrrole nitrogens is 2. The van der Waals surface area contributed by atoms with Crippen LogP contribution in [-0.2, 0) is 0 Å². The number of rotatable bonds is 5. The van der Waals surface area contributed by atoms with Crippen LogP contribution in [0.3, 0.4) is 0 Å². The molecule has 1 heterocycles. The molecule has 0 aliphatic carbocycles. The first kappa shape index (κ1) is 13.4. The lowest BCUT2D eigenvalue weighted by molar-refractivity contribution is 0.551. The van der Waals surface area contributed by atoms with Crippen LogP contribution in [-0.4, -0.2) is 16.5 Å². The third-order valence-electron chi connectivity index (χ3n) is 3.16. The molecule has 1 aromatic carbocycles. The first-order chi connectivity index (χ1) is 9.10. The van der Waals surface area contributed by atoms with E-state index in [4.69, 9.17) is 0 Å². The Morgan fingerprint density at radius 1 is 1.16 bits per heavy atom. The molecule has 0 saturated heterocycles. The Morgan fingerprint density at radius 2 is 1.84 bits per heavy atom. The monoisotopic (exact) mass is 261 g/mol.